The second-order valence-corrected chi connectivity index (χ2v) is 10.1. The van der Waals surface area contributed by atoms with Crippen molar-refractivity contribution in [2.75, 3.05) is 27.2 Å². The standard InChI is InChI=1S/C26H38N4O4/c1-18(28(3)23(32)15-20-16-26(2,27)17-20)24(33)29(4)22(14-19-8-6-5-7-9-19)25(34)30-12-10-21(31)11-13-30/h5-9,15,18,21-22,31H,10-14,16-17,27H2,1-4H3/t18-,22?,26?/m1/s1. The summed E-state index contributed by atoms with van der Waals surface area (Å²) in [4.78, 5) is 44.3. The van der Waals surface area contributed by atoms with Crippen LogP contribution in [-0.4, -0.2) is 88.4 Å². The number of carbonyl (C=O) groups excluding carboxylic acids is 3. The number of likely N-dealkylation sites (tertiary alicyclic amines) is 1. The number of benzene rings is 1. The monoisotopic (exact) mass is 470 g/mol. The third-order valence-corrected chi connectivity index (χ3v) is 7.02. The molecule has 1 aliphatic carbocycles. The number of aliphatic hydroxyl groups is 1. The van der Waals surface area contributed by atoms with E-state index in [9.17, 15) is 19.5 Å². The molecule has 2 atom stereocenters. The lowest BCUT2D eigenvalue weighted by atomic mass is 9.75. The first-order valence-corrected chi connectivity index (χ1v) is 12.0. The van der Waals surface area contributed by atoms with Crippen molar-refractivity contribution in [1.82, 2.24) is 14.7 Å². The van der Waals surface area contributed by atoms with Crippen molar-refractivity contribution in [3.8, 4) is 0 Å². The van der Waals surface area contributed by atoms with Gasteiger partial charge in [0.1, 0.15) is 12.1 Å². The third kappa shape index (κ3) is 6.24. The quantitative estimate of drug-likeness (QED) is 0.585. The Morgan fingerprint density at radius 1 is 1.15 bits per heavy atom. The minimum atomic E-state index is -0.729. The molecule has 1 saturated heterocycles. The van der Waals surface area contributed by atoms with E-state index in [0.29, 0.717) is 45.2 Å². The molecule has 1 aromatic carbocycles. The molecule has 1 aliphatic heterocycles. The predicted molar refractivity (Wildman–Crippen MR) is 131 cm³/mol. The molecule has 2 fully saturated rings. The third-order valence-electron chi connectivity index (χ3n) is 7.02. The number of amides is 3. The fourth-order valence-corrected chi connectivity index (χ4v) is 4.69. The Morgan fingerprint density at radius 2 is 1.74 bits per heavy atom. The van der Waals surface area contributed by atoms with Gasteiger partial charge in [-0.1, -0.05) is 35.9 Å². The van der Waals surface area contributed by atoms with E-state index in [-0.39, 0.29) is 23.3 Å². The lowest BCUT2D eigenvalue weighted by molar-refractivity contribution is -0.149. The van der Waals surface area contributed by atoms with E-state index in [4.69, 9.17) is 5.73 Å². The maximum absolute atomic E-state index is 13.5. The second kappa shape index (κ2) is 10.7. The number of nitrogens with two attached hydrogens (primary N) is 1. The maximum atomic E-state index is 13.5. The Kier molecular flexibility index (Phi) is 8.15. The number of piperidine rings is 1. The second-order valence-electron chi connectivity index (χ2n) is 10.1. The zero-order valence-electron chi connectivity index (χ0n) is 20.7. The highest BCUT2D eigenvalue weighted by molar-refractivity contribution is 5.95. The summed E-state index contributed by atoms with van der Waals surface area (Å²) in [6, 6.07) is 8.18. The topological polar surface area (TPSA) is 107 Å². The van der Waals surface area contributed by atoms with Crippen LogP contribution in [0.15, 0.2) is 42.0 Å². The van der Waals surface area contributed by atoms with Gasteiger partial charge in [-0.15, -0.1) is 0 Å². The van der Waals surface area contributed by atoms with Crippen LogP contribution in [0.2, 0.25) is 0 Å². The number of likely N-dealkylation sites (N-methyl/N-ethyl adjacent to an activating group) is 2. The number of aliphatic hydroxyl groups excluding tert-OH is 1. The van der Waals surface area contributed by atoms with Crippen LogP contribution in [-0.2, 0) is 20.8 Å². The van der Waals surface area contributed by atoms with E-state index in [2.05, 4.69) is 0 Å². The van der Waals surface area contributed by atoms with Gasteiger partial charge in [-0.3, -0.25) is 14.4 Å². The van der Waals surface area contributed by atoms with Gasteiger partial charge < -0.3 is 25.5 Å². The molecule has 0 spiro atoms. The zero-order valence-corrected chi connectivity index (χ0v) is 20.7. The molecule has 8 nitrogen and oxygen atoms in total. The van der Waals surface area contributed by atoms with Gasteiger partial charge in [0.15, 0.2) is 0 Å². The van der Waals surface area contributed by atoms with Crippen molar-refractivity contribution in [1.29, 1.82) is 0 Å². The van der Waals surface area contributed by atoms with Gasteiger partial charge in [0.05, 0.1) is 6.10 Å². The molecule has 1 saturated carbocycles. The van der Waals surface area contributed by atoms with Gasteiger partial charge in [-0.05, 0) is 45.1 Å². The Hall–Kier alpha value is -2.71. The average Bonchev–Trinajstić information content (AvgIpc) is 2.80. The van der Waals surface area contributed by atoms with Crippen LogP contribution in [0.25, 0.3) is 0 Å². The predicted octanol–water partition coefficient (Wildman–Crippen LogP) is 1.32. The van der Waals surface area contributed by atoms with E-state index in [1.54, 1.807) is 32.0 Å². The molecule has 1 heterocycles. The lowest BCUT2D eigenvalue weighted by Crippen LogP contribution is -2.56. The fraction of sp³-hybridized carbons (Fsp3) is 0.577. The highest BCUT2D eigenvalue weighted by Gasteiger charge is 2.36. The molecule has 34 heavy (non-hydrogen) atoms. The van der Waals surface area contributed by atoms with Gasteiger partial charge in [0.2, 0.25) is 17.7 Å². The van der Waals surface area contributed by atoms with Gasteiger partial charge in [-0.25, -0.2) is 0 Å². The van der Waals surface area contributed by atoms with Crippen molar-refractivity contribution in [2.24, 2.45) is 5.73 Å². The Bertz CT molecular complexity index is 912. The van der Waals surface area contributed by atoms with E-state index < -0.39 is 18.2 Å². The van der Waals surface area contributed by atoms with Crippen molar-refractivity contribution < 1.29 is 19.5 Å². The summed E-state index contributed by atoms with van der Waals surface area (Å²) in [6.45, 7) is 4.57. The van der Waals surface area contributed by atoms with E-state index >= 15 is 0 Å². The zero-order chi connectivity index (χ0) is 25.0. The maximum Gasteiger partial charge on any atom is 0.246 e. The Morgan fingerprint density at radius 3 is 2.29 bits per heavy atom. The first-order valence-electron chi connectivity index (χ1n) is 12.0. The van der Waals surface area contributed by atoms with Crippen LogP contribution in [0.3, 0.4) is 0 Å². The first kappa shape index (κ1) is 25.9. The molecule has 1 unspecified atom stereocenters. The van der Waals surface area contributed by atoms with Crippen LogP contribution in [0.1, 0.15) is 45.1 Å². The molecule has 3 amide bonds. The van der Waals surface area contributed by atoms with Crippen molar-refractivity contribution >= 4 is 17.7 Å². The molecule has 186 valence electrons. The van der Waals surface area contributed by atoms with E-state index in [1.807, 2.05) is 37.3 Å². The summed E-state index contributed by atoms with van der Waals surface area (Å²) >= 11 is 0. The Labute approximate surface area is 202 Å². The summed E-state index contributed by atoms with van der Waals surface area (Å²) in [5.74, 6) is -0.667. The van der Waals surface area contributed by atoms with Crippen LogP contribution >= 0.6 is 0 Å². The van der Waals surface area contributed by atoms with Crippen molar-refractivity contribution in [3.63, 3.8) is 0 Å². The van der Waals surface area contributed by atoms with Crippen LogP contribution in [0.4, 0.5) is 0 Å². The summed E-state index contributed by atoms with van der Waals surface area (Å²) in [5.41, 5.74) is 7.71. The molecule has 2 aliphatic rings. The number of hydrogen-bond acceptors (Lipinski definition) is 5. The van der Waals surface area contributed by atoms with E-state index in [1.165, 1.54) is 9.80 Å². The van der Waals surface area contributed by atoms with Gasteiger partial charge in [0, 0.05) is 45.2 Å². The average molecular weight is 471 g/mol. The lowest BCUT2D eigenvalue weighted by Gasteiger charge is -2.38. The molecule has 0 aromatic heterocycles. The summed E-state index contributed by atoms with van der Waals surface area (Å²) in [6.07, 6.45) is 3.98. The molecular weight excluding hydrogens is 432 g/mol. The van der Waals surface area contributed by atoms with Crippen LogP contribution < -0.4 is 5.73 Å². The number of hydrogen-bond donors (Lipinski definition) is 2. The first-order chi connectivity index (χ1) is 16.0. The van der Waals surface area contributed by atoms with Crippen molar-refractivity contribution in [3.05, 3.63) is 47.5 Å². The number of nitrogens with zero attached hydrogens (tertiary/aromatic N) is 3. The summed E-state index contributed by atoms with van der Waals surface area (Å²) in [5, 5.41) is 9.83. The van der Waals surface area contributed by atoms with Crippen LogP contribution in [0, 0.1) is 0 Å². The number of rotatable bonds is 7. The van der Waals surface area contributed by atoms with Gasteiger partial charge in [0.25, 0.3) is 0 Å². The summed E-state index contributed by atoms with van der Waals surface area (Å²) in [7, 11) is 3.24. The summed E-state index contributed by atoms with van der Waals surface area (Å²) < 4.78 is 0. The molecule has 3 rings (SSSR count). The Balaban J connectivity index is 1.73. The van der Waals surface area contributed by atoms with Gasteiger partial charge >= 0.3 is 0 Å². The minimum absolute atomic E-state index is 0.133. The van der Waals surface area contributed by atoms with E-state index in [0.717, 1.165) is 11.1 Å². The molecule has 0 bridgehead atoms. The molecule has 1 aromatic rings. The molecule has 3 N–H and O–H groups in total. The van der Waals surface area contributed by atoms with Crippen LogP contribution in [0.5, 0.6) is 0 Å². The largest absolute Gasteiger partial charge is 0.393 e. The SMILES string of the molecule is C[C@H](C(=O)N(C)C(Cc1ccccc1)C(=O)N1CCC(O)CC1)N(C)C(=O)C=C1CC(C)(N)C1. The minimum Gasteiger partial charge on any atom is -0.393 e. The normalized spacial score (nSPS) is 22.4. The molecule has 8 heteroatoms. The van der Waals surface area contributed by atoms with Gasteiger partial charge in [-0.2, -0.15) is 0 Å². The van der Waals surface area contributed by atoms with Crippen molar-refractivity contribution in [2.45, 2.75) is 69.7 Å². The highest BCUT2D eigenvalue weighted by Crippen LogP contribution is 2.34. The molecule has 0 radical (unpaired) electrons. The highest BCUT2D eigenvalue weighted by atomic mass is 16.3. The molecular formula is C26H38N4O4. The fourth-order valence-electron chi connectivity index (χ4n) is 4.69. The number of carbonyl (C=O) groups is 3. The smallest absolute Gasteiger partial charge is 0.246 e.